The SMILES string of the molecule is CCC(C)(C(=O)OC(C)(C)C)C(N)(O)C(=O)O. The lowest BCUT2D eigenvalue weighted by Gasteiger charge is -2.38. The van der Waals surface area contributed by atoms with Crippen molar-refractivity contribution in [2.24, 2.45) is 11.1 Å². The lowest BCUT2D eigenvalue weighted by molar-refractivity contribution is -0.196. The van der Waals surface area contributed by atoms with Crippen molar-refractivity contribution in [2.75, 3.05) is 0 Å². The molecule has 0 saturated heterocycles. The van der Waals surface area contributed by atoms with E-state index in [0.29, 0.717) is 0 Å². The standard InChI is InChI=1S/C11H21NO5/c1-6-10(5,11(12,16)7(13)14)8(15)17-9(2,3)4/h16H,6,12H2,1-5H3,(H,13,14). The van der Waals surface area contributed by atoms with Gasteiger partial charge in [-0.05, 0) is 34.1 Å². The normalized spacial score (nSPS) is 19.0. The van der Waals surface area contributed by atoms with Gasteiger partial charge in [-0.25, -0.2) is 4.79 Å². The van der Waals surface area contributed by atoms with E-state index in [1.165, 1.54) is 6.92 Å². The highest BCUT2D eigenvalue weighted by Gasteiger charge is 2.56. The lowest BCUT2D eigenvalue weighted by Crippen LogP contribution is -2.63. The van der Waals surface area contributed by atoms with Gasteiger partial charge in [-0.15, -0.1) is 0 Å². The minimum atomic E-state index is -2.66. The number of carboxylic acids is 1. The van der Waals surface area contributed by atoms with Crippen LogP contribution in [0.3, 0.4) is 0 Å². The fourth-order valence-corrected chi connectivity index (χ4v) is 1.20. The topological polar surface area (TPSA) is 110 Å². The predicted octanol–water partition coefficient (Wildman–Crippen LogP) is 0.476. The van der Waals surface area contributed by atoms with Gasteiger partial charge < -0.3 is 14.9 Å². The van der Waals surface area contributed by atoms with Crippen LogP contribution in [0.15, 0.2) is 0 Å². The quantitative estimate of drug-likeness (QED) is 0.492. The molecule has 0 aliphatic heterocycles. The van der Waals surface area contributed by atoms with Crippen LogP contribution in [-0.4, -0.2) is 33.5 Å². The Hall–Kier alpha value is -1.14. The molecular weight excluding hydrogens is 226 g/mol. The van der Waals surface area contributed by atoms with E-state index in [4.69, 9.17) is 15.6 Å². The molecule has 0 aromatic rings. The number of carbonyl (C=O) groups is 2. The number of carboxylic acid groups (broad SMARTS) is 1. The Morgan fingerprint density at radius 3 is 1.88 bits per heavy atom. The van der Waals surface area contributed by atoms with Crippen LogP contribution in [0.4, 0.5) is 0 Å². The van der Waals surface area contributed by atoms with Gasteiger partial charge in [-0.2, -0.15) is 0 Å². The number of hydrogen-bond donors (Lipinski definition) is 3. The summed E-state index contributed by atoms with van der Waals surface area (Å²) >= 11 is 0. The zero-order valence-corrected chi connectivity index (χ0v) is 10.9. The van der Waals surface area contributed by atoms with Gasteiger partial charge in [0.15, 0.2) is 0 Å². The number of nitrogens with two attached hydrogens (primary N) is 1. The van der Waals surface area contributed by atoms with Gasteiger partial charge in [0.25, 0.3) is 0 Å². The van der Waals surface area contributed by atoms with E-state index in [9.17, 15) is 14.7 Å². The van der Waals surface area contributed by atoms with Gasteiger partial charge in [-0.3, -0.25) is 10.5 Å². The van der Waals surface area contributed by atoms with E-state index >= 15 is 0 Å². The Morgan fingerprint density at radius 2 is 1.65 bits per heavy atom. The molecule has 17 heavy (non-hydrogen) atoms. The van der Waals surface area contributed by atoms with Gasteiger partial charge in [0.1, 0.15) is 11.0 Å². The Balaban J connectivity index is 5.30. The third kappa shape index (κ3) is 3.17. The summed E-state index contributed by atoms with van der Waals surface area (Å²) in [7, 11) is 0. The number of hydrogen-bond acceptors (Lipinski definition) is 5. The van der Waals surface area contributed by atoms with Crippen LogP contribution in [0.5, 0.6) is 0 Å². The fraction of sp³-hybridized carbons (Fsp3) is 0.818. The monoisotopic (exact) mass is 247 g/mol. The maximum Gasteiger partial charge on any atom is 0.352 e. The molecule has 2 atom stereocenters. The van der Waals surface area contributed by atoms with Crippen LogP contribution in [-0.2, 0) is 14.3 Å². The smallest absolute Gasteiger partial charge is 0.352 e. The van der Waals surface area contributed by atoms with E-state index in [1.807, 2.05) is 0 Å². The molecule has 6 heteroatoms. The van der Waals surface area contributed by atoms with Gasteiger partial charge in [0.05, 0.1) is 0 Å². The molecule has 2 unspecified atom stereocenters. The zero-order chi connectivity index (χ0) is 14.1. The van der Waals surface area contributed by atoms with Crippen molar-refractivity contribution < 1.29 is 24.5 Å². The highest BCUT2D eigenvalue weighted by atomic mass is 16.6. The summed E-state index contributed by atoms with van der Waals surface area (Å²) in [5.41, 5.74) is 0.183. The number of esters is 1. The molecule has 0 heterocycles. The molecule has 0 aromatic heterocycles. The van der Waals surface area contributed by atoms with Crippen molar-refractivity contribution in [3.05, 3.63) is 0 Å². The van der Waals surface area contributed by atoms with Gasteiger partial charge in [0, 0.05) is 0 Å². The second-order valence-corrected chi connectivity index (χ2v) is 5.26. The van der Waals surface area contributed by atoms with E-state index in [1.54, 1.807) is 27.7 Å². The van der Waals surface area contributed by atoms with Crippen molar-refractivity contribution in [1.29, 1.82) is 0 Å². The summed E-state index contributed by atoms with van der Waals surface area (Å²) in [6, 6.07) is 0. The number of rotatable bonds is 4. The summed E-state index contributed by atoms with van der Waals surface area (Å²) in [6.07, 6.45) is 0.0429. The molecule has 0 saturated carbocycles. The molecule has 0 aromatic carbocycles. The average molecular weight is 247 g/mol. The highest BCUT2D eigenvalue weighted by Crippen LogP contribution is 2.34. The van der Waals surface area contributed by atoms with Crippen molar-refractivity contribution in [2.45, 2.75) is 52.4 Å². The minimum Gasteiger partial charge on any atom is -0.478 e. The van der Waals surface area contributed by atoms with E-state index < -0.39 is 28.7 Å². The first-order valence-electron chi connectivity index (χ1n) is 5.36. The molecule has 0 aliphatic rings. The molecule has 0 fully saturated rings. The van der Waals surface area contributed by atoms with Crippen LogP contribution >= 0.6 is 0 Å². The Bertz CT molecular complexity index is 318. The molecule has 6 nitrogen and oxygen atoms in total. The maximum atomic E-state index is 11.9. The molecule has 0 aliphatic carbocycles. The largest absolute Gasteiger partial charge is 0.478 e. The Morgan fingerprint density at radius 1 is 1.24 bits per heavy atom. The maximum absolute atomic E-state index is 11.9. The molecule has 0 radical (unpaired) electrons. The van der Waals surface area contributed by atoms with E-state index in [-0.39, 0.29) is 6.42 Å². The Labute approximate surface area is 101 Å². The minimum absolute atomic E-state index is 0.0429. The summed E-state index contributed by atoms with van der Waals surface area (Å²) in [5.74, 6) is -2.49. The summed E-state index contributed by atoms with van der Waals surface area (Å²) in [4.78, 5) is 22.9. The fourth-order valence-electron chi connectivity index (χ4n) is 1.20. The molecule has 0 bridgehead atoms. The van der Waals surface area contributed by atoms with Crippen molar-refractivity contribution in [3.8, 4) is 0 Å². The van der Waals surface area contributed by atoms with E-state index in [0.717, 1.165) is 0 Å². The third-order valence-electron chi connectivity index (χ3n) is 2.72. The second kappa shape index (κ2) is 4.62. The van der Waals surface area contributed by atoms with Gasteiger partial charge in [0.2, 0.25) is 5.72 Å². The number of aliphatic carboxylic acids is 1. The highest BCUT2D eigenvalue weighted by molar-refractivity contribution is 5.88. The zero-order valence-electron chi connectivity index (χ0n) is 10.9. The lowest BCUT2D eigenvalue weighted by atomic mass is 9.77. The molecule has 0 amide bonds. The van der Waals surface area contributed by atoms with Crippen LogP contribution < -0.4 is 5.73 Å². The van der Waals surface area contributed by atoms with Crippen LogP contribution in [0.2, 0.25) is 0 Å². The van der Waals surface area contributed by atoms with Crippen LogP contribution in [0.25, 0.3) is 0 Å². The van der Waals surface area contributed by atoms with Crippen LogP contribution in [0.1, 0.15) is 41.0 Å². The average Bonchev–Trinajstić information content (AvgIpc) is 2.13. The van der Waals surface area contributed by atoms with Gasteiger partial charge in [-0.1, -0.05) is 6.92 Å². The first-order valence-corrected chi connectivity index (χ1v) is 5.36. The van der Waals surface area contributed by atoms with Crippen LogP contribution in [0, 0.1) is 5.41 Å². The third-order valence-corrected chi connectivity index (χ3v) is 2.72. The first kappa shape index (κ1) is 15.9. The van der Waals surface area contributed by atoms with E-state index in [2.05, 4.69) is 0 Å². The second-order valence-electron chi connectivity index (χ2n) is 5.26. The summed E-state index contributed by atoms with van der Waals surface area (Å²) < 4.78 is 5.09. The van der Waals surface area contributed by atoms with Crippen molar-refractivity contribution in [1.82, 2.24) is 0 Å². The molecular formula is C11H21NO5. The molecule has 4 N–H and O–H groups in total. The van der Waals surface area contributed by atoms with Gasteiger partial charge >= 0.3 is 11.9 Å². The molecule has 0 spiro atoms. The number of aliphatic hydroxyl groups is 1. The molecule has 0 rings (SSSR count). The predicted molar refractivity (Wildman–Crippen MR) is 61.0 cm³/mol. The summed E-state index contributed by atoms with van der Waals surface area (Å²) in [5, 5.41) is 18.6. The first-order chi connectivity index (χ1) is 7.38. The summed E-state index contributed by atoms with van der Waals surface area (Å²) in [6.45, 7) is 7.78. The van der Waals surface area contributed by atoms with Crippen molar-refractivity contribution in [3.63, 3.8) is 0 Å². The number of ether oxygens (including phenoxy) is 1. The molecule has 100 valence electrons. The number of carbonyl (C=O) groups excluding carboxylic acids is 1. The Kier molecular flexibility index (Phi) is 4.31. The van der Waals surface area contributed by atoms with Crippen molar-refractivity contribution >= 4 is 11.9 Å².